The van der Waals surface area contributed by atoms with Crippen molar-refractivity contribution >= 4 is 81.2 Å². The molecular weight excluding hydrogens is 368 g/mol. The summed E-state index contributed by atoms with van der Waals surface area (Å²) in [6.45, 7) is 3.67. The number of rotatable bonds is 7. The van der Waals surface area contributed by atoms with Crippen molar-refractivity contribution in [2.45, 2.75) is 57.9 Å². The van der Waals surface area contributed by atoms with Crippen LogP contribution >= 0.6 is 81.2 Å². The first kappa shape index (κ1) is 19.0. The maximum atomic E-state index is 6.17. The molecule has 0 rings (SSSR count). The van der Waals surface area contributed by atoms with Crippen molar-refractivity contribution in [3.63, 3.8) is 0 Å². The van der Waals surface area contributed by atoms with Gasteiger partial charge < -0.3 is 0 Å². The Bertz CT molecular complexity index is 211. The van der Waals surface area contributed by atoms with Crippen molar-refractivity contribution in [3.05, 3.63) is 0 Å². The van der Waals surface area contributed by atoms with Gasteiger partial charge in [0, 0.05) is 5.38 Å². The molecule has 0 aliphatic heterocycles. The van der Waals surface area contributed by atoms with E-state index in [0.717, 1.165) is 0 Å². The second-order valence-corrected chi connectivity index (χ2v) is 7.59. The van der Waals surface area contributed by atoms with Crippen molar-refractivity contribution in [3.8, 4) is 0 Å². The standard InChI is InChI=1S/C10H15Cl7/c1-3-5(12)7(14)9(16)10(17)8(15)6(13)4(2)11/h4-10H,3H2,1-2H3. The van der Waals surface area contributed by atoms with E-state index < -0.39 is 26.9 Å². The SMILES string of the molecule is CCC(Cl)C(Cl)C(Cl)C(Cl)C(Cl)C(Cl)C(C)Cl. The van der Waals surface area contributed by atoms with Crippen molar-refractivity contribution in [1.29, 1.82) is 0 Å². The van der Waals surface area contributed by atoms with Crippen LogP contribution in [-0.2, 0) is 0 Å². The molecule has 0 radical (unpaired) electrons. The molecule has 0 fully saturated rings. The van der Waals surface area contributed by atoms with Crippen LogP contribution in [0, 0.1) is 0 Å². The van der Waals surface area contributed by atoms with Crippen LogP contribution in [0.1, 0.15) is 20.3 Å². The fourth-order valence-electron chi connectivity index (χ4n) is 1.20. The van der Waals surface area contributed by atoms with Gasteiger partial charge in [-0.2, -0.15) is 0 Å². The summed E-state index contributed by atoms with van der Waals surface area (Å²) in [5.41, 5.74) is 0. The first-order valence-corrected chi connectivity index (χ1v) is 8.28. The Kier molecular flexibility index (Phi) is 10.1. The van der Waals surface area contributed by atoms with Gasteiger partial charge in [-0.1, -0.05) is 6.92 Å². The highest BCUT2D eigenvalue weighted by atomic mass is 35.5. The number of alkyl halides is 7. The summed E-state index contributed by atoms with van der Waals surface area (Å²) in [6.07, 6.45) is 0.700. The summed E-state index contributed by atoms with van der Waals surface area (Å²) in [5, 5.41) is -3.27. The molecule has 0 N–H and O–H groups in total. The molecule has 0 saturated carbocycles. The van der Waals surface area contributed by atoms with Crippen LogP contribution in [0.15, 0.2) is 0 Å². The van der Waals surface area contributed by atoms with Gasteiger partial charge in [0.05, 0.1) is 32.3 Å². The maximum Gasteiger partial charge on any atom is 0.0693 e. The second-order valence-electron chi connectivity index (χ2n) is 3.82. The molecule has 7 heteroatoms. The molecule has 0 bridgehead atoms. The Hall–Kier alpha value is 2.03. The topological polar surface area (TPSA) is 0 Å². The van der Waals surface area contributed by atoms with Crippen molar-refractivity contribution in [2.24, 2.45) is 0 Å². The van der Waals surface area contributed by atoms with Gasteiger partial charge in [-0.05, 0) is 13.3 Å². The van der Waals surface area contributed by atoms with Crippen molar-refractivity contribution in [1.82, 2.24) is 0 Å². The molecule has 0 nitrogen and oxygen atoms in total. The second kappa shape index (κ2) is 9.06. The van der Waals surface area contributed by atoms with Crippen LogP contribution in [0.2, 0.25) is 0 Å². The lowest BCUT2D eigenvalue weighted by molar-refractivity contribution is 0.619. The zero-order valence-electron chi connectivity index (χ0n) is 9.39. The molecule has 0 saturated heterocycles. The molecule has 0 aliphatic carbocycles. The average Bonchev–Trinajstić information content (AvgIpc) is 2.32. The molecule has 0 aromatic heterocycles. The fourth-order valence-corrected chi connectivity index (χ4v) is 3.40. The predicted octanol–water partition coefficient (Wildman–Crippen LogP) is 5.67. The van der Waals surface area contributed by atoms with Gasteiger partial charge in [0.2, 0.25) is 0 Å². The van der Waals surface area contributed by atoms with Gasteiger partial charge in [0.25, 0.3) is 0 Å². The van der Waals surface area contributed by atoms with Crippen LogP contribution in [0.4, 0.5) is 0 Å². The monoisotopic (exact) mass is 380 g/mol. The summed E-state index contributed by atoms with van der Waals surface area (Å²) in [5.74, 6) is 0. The Balaban J connectivity index is 4.53. The minimum Gasteiger partial charge on any atom is -0.122 e. The van der Waals surface area contributed by atoms with Crippen LogP contribution in [-0.4, -0.2) is 37.6 Å². The van der Waals surface area contributed by atoms with E-state index in [1.165, 1.54) is 0 Å². The summed E-state index contributed by atoms with van der Waals surface area (Å²) in [6, 6.07) is 0. The Morgan fingerprint density at radius 3 is 1.35 bits per heavy atom. The lowest BCUT2D eigenvalue weighted by Gasteiger charge is -2.29. The molecule has 0 aliphatic rings. The quantitative estimate of drug-likeness (QED) is 0.497. The van der Waals surface area contributed by atoms with E-state index in [9.17, 15) is 0 Å². The van der Waals surface area contributed by atoms with Gasteiger partial charge in [-0.15, -0.1) is 81.2 Å². The molecular formula is C10H15Cl7. The minimum atomic E-state index is -0.600. The van der Waals surface area contributed by atoms with E-state index in [1.807, 2.05) is 6.92 Å². The third-order valence-electron chi connectivity index (χ3n) is 2.39. The Morgan fingerprint density at radius 1 is 0.647 bits per heavy atom. The number of hydrogen-bond donors (Lipinski definition) is 0. The molecule has 0 aromatic rings. The van der Waals surface area contributed by atoms with Gasteiger partial charge >= 0.3 is 0 Å². The van der Waals surface area contributed by atoms with Crippen molar-refractivity contribution < 1.29 is 0 Å². The van der Waals surface area contributed by atoms with E-state index in [4.69, 9.17) is 81.2 Å². The molecule has 0 heterocycles. The van der Waals surface area contributed by atoms with E-state index in [0.29, 0.717) is 6.42 Å². The zero-order valence-corrected chi connectivity index (χ0v) is 14.7. The Morgan fingerprint density at radius 2 is 1.00 bits per heavy atom. The number of halogens is 7. The summed E-state index contributed by atoms with van der Waals surface area (Å²) >= 11 is 42.5. The van der Waals surface area contributed by atoms with Crippen LogP contribution < -0.4 is 0 Å². The average molecular weight is 383 g/mol. The van der Waals surface area contributed by atoms with E-state index in [2.05, 4.69) is 0 Å². The molecule has 7 unspecified atom stereocenters. The lowest BCUT2D eigenvalue weighted by atomic mass is 10.1. The predicted molar refractivity (Wildman–Crippen MR) is 83.5 cm³/mol. The lowest BCUT2D eigenvalue weighted by Crippen LogP contribution is -2.41. The normalized spacial score (nSPS) is 24.5. The molecule has 17 heavy (non-hydrogen) atoms. The zero-order chi connectivity index (χ0) is 13.7. The smallest absolute Gasteiger partial charge is 0.0693 e. The highest BCUT2D eigenvalue weighted by Gasteiger charge is 2.37. The first-order valence-electron chi connectivity index (χ1n) is 5.22. The van der Waals surface area contributed by atoms with Gasteiger partial charge in [0.15, 0.2) is 0 Å². The number of hydrogen-bond acceptors (Lipinski definition) is 0. The third-order valence-corrected chi connectivity index (χ3v) is 6.87. The highest BCUT2D eigenvalue weighted by molar-refractivity contribution is 6.42. The summed E-state index contributed by atoms with van der Waals surface area (Å²) in [4.78, 5) is 0. The van der Waals surface area contributed by atoms with E-state index >= 15 is 0 Å². The molecule has 0 aromatic carbocycles. The first-order chi connectivity index (χ1) is 7.73. The Labute approximate surface area is 138 Å². The van der Waals surface area contributed by atoms with Crippen molar-refractivity contribution in [2.75, 3.05) is 0 Å². The highest BCUT2D eigenvalue weighted by Crippen LogP contribution is 2.32. The fraction of sp³-hybridized carbons (Fsp3) is 1.00. The summed E-state index contributed by atoms with van der Waals surface area (Å²) in [7, 11) is 0. The molecule has 7 atom stereocenters. The van der Waals surface area contributed by atoms with Crippen LogP contribution in [0.3, 0.4) is 0 Å². The van der Waals surface area contributed by atoms with Crippen LogP contribution in [0.5, 0.6) is 0 Å². The third kappa shape index (κ3) is 5.90. The maximum absolute atomic E-state index is 6.17. The van der Waals surface area contributed by atoms with Gasteiger partial charge in [0.1, 0.15) is 0 Å². The minimum absolute atomic E-state index is 0.258. The van der Waals surface area contributed by atoms with Gasteiger partial charge in [-0.25, -0.2) is 0 Å². The van der Waals surface area contributed by atoms with Crippen LogP contribution in [0.25, 0.3) is 0 Å². The molecule has 0 amide bonds. The molecule has 104 valence electrons. The molecule has 0 spiro atoms. The van der Waals surface area contributed by atoms with E-state index in [1.54, 1.807) is 6.92 Å². The van der Waals surface area contributed by atoms with Gasteiger partial charge in [-0.3, -0.25) is 0 Å². The largest absolute Gasteiger partial charge is 0.122 e. The van der Waals surface area contributed by atoms with E-state index in [-0.39, 0.29) is 10.8 Å². The summed E-state index contributed by atoms with van der Waals surface area (Å²) < 4.78 is 0.